The molecule has 0 aliphatic carbocycles. The van der Waals surface area contributed by atoms with Crippen LogP contribution in [0.15, 0.2) is 54.6 Å². The van der Waals surface area contributed by atoms with Gasteiger partial charge < -0.3 is 25.2 Å². The van der Waals surface area contributed by atoms with Crippen LogP contribution in [0.3, 0.4) is 0 Å². The molecule has 4 aromatic carbocycles. The highest BCUT2D eigenvalue weighted by Crippen LogP contribution is 2.47. The molecule has 0 aliphatic heterocycles. The second-order valence-corrected chi connectivity index (χ2v) is 6.34. The number of phenols is 4. The van der Waals surface area contributed by atoms with Crippen molar-refractivity contribution < 1.29 is 30.0 Å². The number of benzene rings is 4. The molecule has 0 unspecified atom stereocenters. The van der Waals surface area contributed by atoms with Gasteiger partial charge in [0.2, 0.25) is 0 Å². The summed E-state index contributed by atoms with van der Waals surface area (Å²) in [6, 6.07) is 13.7. The fourth-order valence-electron chi connectivity index (χ4n) is 3.53. The highest BCUT2D eigenvalue weighted by atomic mass is 16.5. The van der Waals surface area contributed by atoms with Gasteiger partial charge in [-0.1, -0.05) is 12.1 Å². The number of methoxy groups -OCH3 is 1. The van der Waals surface area contributed by atoms with Crippen LogP contribution in [0.5, 0.6) is 23.0 Å². The molecule has 4 N–H and O–H groups in total. The van der Waals surface area contributed by atoms with E-state index in [0.29, 0.717) is 32.7 Å². The quantitative estimate of drug-likeness (QED) is 0.307. The van der Waals surface area contributed by atoms with E-state index in [1.807, 2.05) is 0 Å². The fourth-order valence-corrected chi connectivity index (χ4v) is 3.53. The van der Waals surface area contributed by atoms with E-state index >= 15 is 0 Å². The summed E-state index contributed by atoms with van der Waals surface area (Å²) in [7, 11) is 1.29. The molecule has 140 valence electrons. The third-order valence-electron chi connectivity index (χ3n) is 4.82. The lowest BCUT2D eigenvalue weighted by Gasteiger charge is -2.16. The second-order valence-electron chi connectivity index (χ2n) is 6.34. The van der Waals surface area contributed by atoms with E-state index in [0.717, 1.165) is 0 Å². The van der Waals surface area contributed by atoms with Crippen molar-refractivity contribution >= 4 is 27.5 Å². The zero-order chi connectivity index (χ0) is 20.0. The molecule has 0 aromatic heterocycles. The molecule has 0 bridgehead atoms. The summed E-state index contributed by atoms with van der Waals surface area (Å²) in [6.07, 6.45) is 0. The number of fused-ring (bicyclic) bond motifs is 2. The van der Waals surface area contributed by atoms with Crippen molar-refractivity contribution in [2.24, 2.45) is 0 Å². The average Bonchev–Trinajstić information content (AvgIpc) is 2.70. The third-order valence-corrected chi connectivity index (χ3v) is 4.82. The Kier molecular flexibility index (Phi) is 3.96. The van der Waals surface area contributed by atoms with Gasteiger partial charge in [-0.05, 0) is 58.6 Å². The molecule has 0 fully saturated rings. The Balaban J connectivity index is 2.16. The summed E-state index contributed by atoms with van der Waals surface area (Å²) in [5.41, 5.74) is 0.899. The van der Waals surface area contributed by atoms with Crippen molar-refractivity contribution in [2.75, 3.05) is 7.11 Å². The zero-order valence-electron chi connectivity index (χ0n) is 14.8. The van der Waals surface area contributed by atoms with Crippen LogP contribution >= 0.6 is 0 Å². The molecule has 4 rings (SSSR count). The summed E-state index contributed by atoms with van der Waals surface area (Å²) in [6.45, 7) is 0. The number of carbonyl (C=O) groups is 1. The summed E-state index contributed by atoms with van der Waals surface area (Å²) in [5.74, 6) is -1.37. The van der Waals surface area contributed by atoms with Crippen LogP contribution in [0.25, 0.3) is 32.7 Å². The minimum atomic E-state index is -0.521. The molecule has 28 heavy (non-hydrogen) atoms. The third kappa shape index (κ3) is 2.46. The SMILES string of the molecule is COC(=O)c1cccc2c(-c3c(O)ccc4c(O)c(O)ccc34)c(O)ccc12. The molecule has 0 saturated heterocycles. The first-order chi connectivity index (χ1) is 13.4. The molecule has 0 heterocycles. The molecular weight excluding hydrogens is 360 g/mol. The molecule has 4 aromatic rings. The molecule has 6 nitrogen and oxygen atoms in total. The number of hydrogen-bond donors (Lipinski definition) is 4. The Bertz CT molecular complexity index is 1260. The Labute approximate surface area is 159 Å². The van der Waals surface area contributed by atoms with Gasteiger partial charge in [0, 0.05) is 16.5 Å². The van der Waals surface area contributed by atoms with E-state index in [1.165, 1.54) is 31.4 Å². The highest BCUT2D eigenvalue weighted by Gasteiger charge is 2.20. The van der Waals surface area contributed by atoms with Gasteiger partial charge >= 0.3 is 5.97 Å². The lowest BCUT2D eigenvalue weighted by Crippen LogP contribution is -2.02. The number of rotatable bonds is 2. The largest absolute Gasteiger partial charge is 0.507 e. The predicted molar refractivity (Wildman–Crippen MR) is 105 cm³/mol. The topological polar surface area (TPSA) is 107 Å². The molecule has 0 amide bonds. The monoisotopic (exact) mass is 376 g/mol. The second kappa shape index (κ2) is 6.35. The number of esters is 1. The van der Waals surface area contributed by atoms with Crippen LogP contribution in [0, 0.1) is 0 Å². The van der Waals surface area contributed by atoms with Crippen molar-refractivity contribution in [3.63, 3.8) is 0 Å². The molecule has 0 radical (unpaired) electrons. The van der Waals surface area contributed by atoms with Crippen LogP contribution in [0.2, 0.25) is 0 Å². The predicted octanol–water partition coefficient (Wildman–Crippen LogP) is 4.27. The van der Waals surface area contributed by atoms with Crippen LogP contribution < -0.4 is 0 Å². The Morgan fingerprint density at radius 2 is 1.21 bits per heavy atom. The van der Waals surface area contributed by atoms with Gasteiger partial charge in [-0.15, -0.1) is 0 Å². The van der Waals surface area contributed by atoms with Crippen LogP contribution in [0.1, 0.15) is 10.4 Å². The molecular formula is C22H16O6. The molecule has 0 saturated carbocycles. The lowest BCUT2D eigenvalue weighted by molar-refractivity contribution is 0.0603. The molecule has 0 aliphatic rings. The van der Waals surface area contributed by atoms with Crippen molar-refractivity contribution in [1.82, 2.24) is 0 Å². The summed E-state index contributed by atoms with van der Waals surface area (Å²) in [5, 5.41) is 43.0. The first-order valence-electron chi connectivity index (χ1n) is 8.44. The van der Waals surface area contributed by atoms with Gasteiger partial charge in [0.25, 0.3) is 0 Å². The van der Waals surface area contributed by atoms with Crippen molar-refractivity contribution in [2.45, 2.75) is 0 Å². The van der Waals surface area contributed by atoms with E-state index in [1.54, 1.807) is 30.3 Å². The van der Waals surface area contributed by atoms with Crippen LogP contribution in [-0.2, 0) is 4.74 Å². The average molecular weight is 376 g/mol. The zero-order valence-corrected chi connectivity index (χ0v) is 14.8. The molecule has 0 atom stereocenters. The summed E-state index contributed by atoms with van der Waals surface area (Å²) in [4.78, 5) is 12.1. The van der Waals surface area contributed by atoms with Crippen molar-refractivity contribution in [3.05, 3.63) is 60.2 Å². The number of hydrogen-bond acceptors (Lipinski definition) is 6. The van der Waals surface area contributed by atoms with Crippen molar-refractivity contribution in [1.29, 1.82) is 0 Å². The molecule has 0 spiro atoms. The van der Waals surface area contributed by atoms with E-state index in [2.05, 4.69) is 0 Å². The number of carbonyl (C=O) groups excluding carboxylic acids is 1. The Morgan fingerprint density at radius 3 is 1.86 bits per heavy atom. The van der Waals surface area contributed by atoms with Gasteiger partial charge in [-0.3, -0.25) is 0 Å². The van der Waals surface area contributed by atoms with Gasteiger partial charge in [0.15, 0.2) is 11.5 Å². The minimum Gasteiger partial charge on any atom is -0.507 e. The van der Waals surface area contributed by atoms with Gasteiger partial charge in [0.05, 0.1) is 12.7 Å². The van der Waals surface area contributed by atoms with Gasteiger partial charge in [0.1, 0.15) is 11.5 Å². The molecule has 6 heteroatoms. The summed E-state index contributed by atoms with van der Waals surface area (Å²) >= 11 is 0. The Hall–Kier alpha value is -3.93. The van der Waals surface area contributed by atoms with Crippen LogP contribution in [-0.4, -0.2) is 33.5 Å². The highest BCUT2D eigenvalue weighted by molar-refractivity contribution is 6.14. The normalized spacial score (nSPS) is 11.0. The minimum absolute atomic E-state index is 0.107. The van der Waals surface area contributed by atoms with Crippen LogP contribution in [0.4, 0.5) is 0 Å². The first kappa shape index (κ1) is 17.5. The van der Waals surface area contributed by atoms with Gasteiger partial charge in [-0.2, -0.15) is 0 Å². The van der Waals surface area contributed by atoms with E-state index in [-0.39, 0.29) is 28.6 Å². The fraction of sp³-hybridized carbons (Fsp3) is 0.0455. The maximum Gasteiger partial charge on any atom is 0.338 e. The smallest absolute Gasteiger partial charge is 0.338 e. The standard InChI is InChI=1S/C22H16O6/c1-28-22(27)15-4-2-3-12-11(15)5-8-16(23)19(12)20-13-6-10-18(25)21(26)14(13)7-9-17(20)24/h2-10,23-26H,1H3. The number of phenolic OH excluding ortho intramolecular Hbond substituents is 4. The first-order valence-corrected chi connectivity index (χ1v) is 8.44. The van der Waals surface area contributed by atoms with E-state index in [9.17, 15) is 25.2 Å². The van der Waals surface area contributed by atoms with E-state index < -0.39 is 5.97 Å². The maximum atomic E-state index is 12.1. The Morgan fingerprint density at radius 1 is 0.679 bits per heavy atom. The number of ether oxygens (including phenoxy) is 1. The van der Waals surface area contributed by atoms with E-state index in [4.69, 9.17) is 4.74 Å². The van der Waals surface area contributed by atoms with Crippen molar-refractivity contribution in [3.8, 4) is 34.1 Å². The summed E-state index contributed by atoms with van der Waals surface area (Å²) < 4.78 is 4.83. The maximum absolute atomic E-state index is 12.1. The lowest BCUT2D eigenvalue weighted by atomic mass is 9.90. The van der Waals surface area contributed by atoms with Gasteiger partial charge in [-0.25, -0.2) is 4.79 Å². The number of aromatic hydroxyl groups is 4.